The summed E-state index contributed by atoms with van der Waals surface area (Å²) in [6, 6.07) is 4.64. The maximum atomic E-state index is 10.4. The number of anilines is 2. The predicted octanol–water partition coefficient (Wildman–Crippen LogP) is 4.20. The Bertz CT molecular complexity index is 1220. The Labute approximate surface area is 204 Å². The maximum Gasteiger partial charge on any atom is 0.227 e. The lowest BCUT2D eigenvalue weighted by Crippen LogP contribution is -2.56. The Morgan fingerprint density at radius 2 is 1.97 bits per heavy atom. The summed E-state index contributed by atoms with van der Waals surface area (Å²) in [5, 5.41) is 20.0. The van der Waals surface area contributed by atoms with E-state index in [1.54, 1.807) is 0 Å². The van der Waals surface area contributed by atoms with Crippen molar-refractivity contribution in [1.82, 2.24) is 24.6 Å². The molecule has 4 heterocycles. The number of halogens is 1. The van der Waals surface area contributed by atoms with Crippen molar-refractivity contribution < 1.29 is 9.84 Å². The average molecular weight is 483 g/mol. The Morgan fingerprint density at radius 1 is 1.18 bits per heavy atom. The van der Waals surface area contributed by atoms with Gasteiger partial charge in [0.05, 0.1) is 54.0 Å². The Morgan fingerprint density at radius 3 is 2.68 bits per heavy atom. The van der Waals surface area contributed by atoms with Crippen molar-refractivity contribution in [1.29, 1.82) is 0 Å². The monoisotopic (exact) mass is 482 g/mol. The quantitative estimate of drug-likeness (QED) is 0.563. The van der Waals surface area contributed by atoms with Gasteiger partial charge in [-0.25, -0.2) is 9.97 Å². The van der Waals surface area contributed by atoms with E-state index < -0.39 is 6.10 Å². The highest BCUT2D eigenvalue weighted by Gasteiger charge is 2.45. The van der Waals surface area contributed by atoms with Crippen molar-refractivity contribution in [2.75, 3.05) is 31.6 Å². The van der Waals surface area contributed by atoms with Gasteiger partial charge in [-0.2, -0.15) is 5.10 Å². The van der Waals surface area contributed by atoms with Crippen LogP contribution < -0.4 is 5.32 Å². The van der Waals surface area contributed by atoms with Crippen LogP contribution in [0, 0.1) is 6.92 Å². The lowest BCUT2D eigenvalue weighted by molar-refractivity contribution is -0.00211. The topological polar surface area (TPSA) is 88.3 Å². The van der Waals surface area contributed by atoms with E-state index in [1.165, 1.54) is 12.8 Å². The molecule has 8 nitrogen and oxygen atoms in total. The number of hydrogen-bond acceptors (Lipinski definition) is 7. The summed E-state index contributed by atoms with van der Waals surface area (Å²) < 4.78 is 7.63. The van der Waals surface area contributed by atoms with Crippen LogP contribution in [0.25, 0.3) is 10.9 Å². The molecule has 2 aromatic heterocycles. The number of fused-ring (bicyclic) bond motifs is 1. The summed E-state index contributed by atoms with van der Waals surface area (Å²) >= 11 is 6.72. The zero-order chi connectivity index (χ0) is 23.4. The minimum Gasteiger partial charge on any atom is -0.389 e. The number of rotatable bonds is 5. The van der Waals surface area contributed by atoms with E-state index in [4.69, 9.17) is 21.3 Å². The molecule has 2 saturated heterocycles. The average Bonchev–Trinajstić information content (AvgIpc) is 3.54. The molecule has 6 rings (SSSR count). The van der Waals surface area contributed by atoms with Gasteiger partial charge in [0.15, 0.2) is 0 Å². The van der Waals surface area contributed by atoms with Crippen molar-refractivity contribution in [3.8, 4) is 0 Å². The fourth-order valence-electron chi connectivity index (χ4n) is 5.45. The molecular formula is C25H31ClN6O2. The number of benzene rings is 1. The van der Waals surface area contributed by atoms with Crippen LogP contribution in [0.5, 0.6) is 0 Å². The molecule has 1 aromatic carbocycles. The van der Waals surface area contributed by atoms with Crippen molar-refractivity contribution in [3.63, 3.8) is 0 Å². The molecule has 3 aliphatic rings. The molecule has 9 heteroatoms. The van der Waals surface area contributed by atoms with E-state index >= 15 is 0 Å². The van der Waals surface area contributed by atoms with Crippen LogP contribution in [0.1, 0.15) is 55.8 Å². The van der Waals surface area contributed by atoms with Crippen molar-refractivity contribution in [2.45, 2.75) is 63.1 Å². The molecular weight excluding hydrogens is 452 g/mol. The normalized spacial score (nSPS) is 26.4. The first kappa shape index (κ1) is 22.2. The van der Waals surface area contributed by atoms with Crippen LogP contribution in [-0.2, 0) is 4.74 Å². The molecule has 0 unspecified atom stereocenters. The second kappa shape index (κ2) is 8.45. The van der Waals surface area contributed by atoms with Crippen molar-refractivity contribution in [3.05, 3.63) is 40.8 Å². The van der Waals surface area contributed by atoms with Gasteiger partial charge < -0.3 is 15.2 Å². The first-order chi connectivity index (χ1) is 16.4. The predicted molar refractivity (Wildman–Crippen MR) is 132 cm³/mol. The van der Waals surface area contributed by atoms with Gasteiger partial charge in [0.25, 0.3) is 0 Å². The molecule has 0 spiro atoms. The van der Waals surface area contributed by atoms with E-state index in [1.807, 2.05) is 18.5 Å². The molecule has 2 N–H and O–H groups in total. The zero-order valence-corrected chi connectivity index (χ0v) is 20.4. The highest BCUT2D eigenvalue weighted by atomic mass is 35.5. The minimum atomic E-state index is -0.434. The van der Waals surface area contributed by atoms with Crippen LogP contribution in [0.3, 0.4) is 0 Å². The fraction of sp³-hybridized carbons (Fsp3) is 0.560. The van der Waals surface area contributed by atoms with E-state index in [-0.39, 0.29) is 5.54 Å². The molecule has 180 valence electrons. The van der Waals surface area contributed by atoms with Gasteiger partial charge in [-0.3, -0.25) is 9.58 Å². The number of piperidine rings is 1. The Hall–Kier alpha value is -2.26. The van der Waals surface area contributed by atoms with E-state index in [0.717, 1.165) is 58.8 Å². The largest absolute Gasteiger partial charge is 0.389 e. The molecule has 1 saturated carbocycles. The van der Waals surface area contributed by atoms with E-state index in [9.17, 15) is 5.11 Å². The van der Waals surface area contributed by atoms with Gasteiger partial charge in [-0.05, 0) is 76.2 Å². The smallest absolute Gasteiger partial charge is 0.227 e. The number of nitrogens with zero attached hydrogens (tertiary/aromatic N) is 5. The summed E-state index contributed by atoms with van der Waals surface area (Å²) in [4.78, 5) is 11.7. The molecule has 3 fully saturated rings. The highest BCUT2D eigenvalue weighted by Crippen LogP contribution is 2.39. The SMILES string of the molecule is Cc1c(Nc2ncc3cc(Cl)c(C4CCN([C@]5(C)COC[C@@H]5O)CC4)cc3n2)cnn1C1CC1. The van der Waals surface area contributed by atoms with Crippen LogP contribution >= 0.6 is 11.6 Å². The molecule has 34 heavy (non-hydrogen) atoms. The molecule has 2 atom stereocenters. The van der Waals surface area contributed by atoms with Crippen LogP contribution in [0.2, 0.25) is 5.02 Å². The third-order valence-corrected chi connectivity index (χ3v) is 8.25. The third kappa shape index (κ3) is 3.86. The summed E-state index contributed by atoms with van der Waals surface area (Å²) in [5.41, 5.74) is 3.79. The van der Waals surface area contributed by atoms with E-state index in [0.29, 0.717) is 31.1 Å². The zero-order valence-electron chi connectivity index (χ0n) is 19.7. The number of aliphatic hydroxyl groups excluding tert-OH is 1. The van der Waals surface area contributed by atoms with E-state index in [2.05, 4.69) is 44.9 Å². The number of nitrogens with one attached hydrogen (secondary N) is 1. The van der Waals surface area contributed by atoms with Gasteiger partial charge in [0.1, 0.15) is 0 Å². The number of aromatic nitrogens is 4. The lowest BCUT2D eigenvalue weighted by atomic mass is 9.85. The molecule has 0 radical (unpaired) electrons. The second-order valence-electron chi connectivity index (χ2n) is 10.2. The van der Waals surface area contributed by atoms with Gasteiger partial charge in [0.2, 0.25) is 5.95 Å². The van der Waals surface area contributed by atoms with Crippen LogP contribution in [-0.4, -0.2) is 67.7 Å². The molecule has 1 aliphatic carbocycles. The summed E-state index contributed by atoms with van der Waals surface area (Å²) in [7, 11) is 0. The minimum absolute atomic E-state index is 0.294. The van der Waals surface area contributed by atoms with Crippen molar-refractivity contribution in [2.24, 2.45) is 0 Å². The fourth-order valence-corrected chi connectivity index (χ4v) is 5.78. The van der Waals surface area contributed by atoms with Gasteiger partial charge in [-0.15, -0.1) is 0 Å². The number of ether oxygens (including phenoxy) is 1. The van der Waals surface area contributed by atoms with Crippen LogP contribution in [0.15, 0.2) is 24.5 Å². The highest BCUT2D eigenvalue weighted by molar-refractivity contribution is 6.32. The van der Waals surface area contributed by atoms with Gasteiger partial charge in [0, 0.05) is 16.6 Å². The second-order valence-corrected chi connectivity index (χ2v) is 10.6. The summed E-state index contributed by atoms with van der Waals surface area (Å²) in [5.74, 6) is 0.929. The Kier molecular flexibility index (Phi) is 5.52. The van der Waals surface area contributed by atoms with Crippen LogP contribution in [0.4, 0.5) is 11.6 Å². The maximum absolute atomic E-state index is 10.4. The first-order valence-electron chi connectivity index (χ1n) is 12.2. The van der Waals surface area contributed by atoms with Crippen molar-refractivity contribution >= 4 is 34.1 Å². The van der Waals surface area contributed by atoms with Gasteiger partial charge in [-0.1, -0.05) is 11.6 Å². The molecule has 3 aromatic rings. The molecule has 0 amide bonds. The summed E-state index contributed by atoms with van der Waals surface area (Å²) in [6.07, 6.45) is 7.62. The summed E-state index contributed by atoms with van der Waals surface area (Å²) in [6.45, 7) is 7.02. The lowest BCUT2D eigenvalue weighted by Gasteiger charge is -2.43. The number of likely N-dealkylation sites (tertiary alicyclic amines) is 1. The third-order valence-electron chi connectivity index (χ3n) is 7.93. The number of aliphatic hydroxyl groups is 1. The Balaban J connectivity index is 1.21. The van der Waals surface area contributed by atoms with Gasteiger partial charge >= 0.3 is 0 Å². The molecule has 0 bridgehead atoms. The molecule has 2 aliphatic heterocycles. The first-order valence-corrected chi connectivity index (χ1v) is 12.6. The standard InChI is InChI=1S/C25H31ClN6O2/c1-15-22(12-28-32(15)18-3-4-18)30-24-27-11-17-9-20(26)19(10-21(17)29-24)16-5-7-31(8-6-16)25(2)14-34-13-23(25)33/h9-12,16,18,23,33H,3-8,13-14H2,1-2H3,(H,27,29,30)/t23-,25+/m0/s1. The number of hydrogen-bond donors (Lipinski definition) is 2.